The lowest BCUT2D eigenvalue weighted by molar-refractivity contribution is -0.196. The second-order valence-electron chi connectivity index (χ2n) is 5.32. The third kappa shape index (κ3) is 5.38. The highest BCUT2D eigenvalue weighted by Gasteiger charge is 2.45. The van der Waals surface area contributed by atoms with Crippen molar-refractivity contribution in [1.29, 1.82) is 0 Å². The maximum atomic E-state index is 12.6. The Hall–Kier alpha value is -0.780. The molecule has 0 radical (unpaired) electrons. The monoisotopic (exact) mass is 281 g/mol. The number of rotatable bonds is 5. The van der Waals surface area contributed by atoms with Gasteiger partial charge in [-0.2, -0.15) is 13.2 Å². The second-order valence-corrected chi connectivity index (χ2v) is 5.32. The smallest absolute Gasteiger partial charge is 0.403 e. The highest BCUT2D eigenvalue weighted by molar-refractivity contribution is 5.71. The van der Waals surface area contributed by atoms with Crippen LogP contribution in [0.25, 0.3) is 0 Å². The van der Waals surface area contributed by atoms with Crippen LogP contribution in [-0.2, 0) is 4.79 Å². The Kier molecular flexibility index (Phi) is 6.10. The summed E-state index contributed by atoms with van der Waals surface area (Å²) in [6, 6.07) is 0. The number of nitrogens with zero attached hydrogens (tertiary/aromatic N) is 1. The zero-order valence-corrected chi connectivity index (χ0v) is 11.2. The van der Waals surface area contributed by atoms with Crippen LogP contribution in [0, 0.1) is 11.8 Å². The van der Waals surface area contributed by atoms with Gasteiger partial charge in [0.15, 0.2) is 5.92 Å². The van der Waals surface area contributed by atoms with Crippen LogP contribution in [0.1, 0.15) is 39.0 Å². The lowest BCUT2D eigenvalue weighted by Crippen LogP contribution is -2.41. The normalized spacial score (nSPS) is 23.9. The fourth-order valence-corrected chi connectivity index (χ4v) is 2.68. The van der Waals surface area contributed by atoms with Gasteiger partial charge in [-0.1, -0.05) is 19.8 Å². The molecule has 2 unspecified atom stereocenters. The third-order valence-corrected chi connectivity index (χ3v) is 3.77. The average molecular weight is 281 g/mol. The molecule has 112 valence electrons. The van der Waals surface area contributed by atoms with Gasteiger partial charge in [0, 0.05) is 6.54 Å². The zero-order valence-electron chi connectivity index (χ0n) is 11.2. The lowest BCUT2D eigenvalue weighted by Gasteiger charge is -2.25. The van der Waals surface area contributed by atoms with E-state index in [0.717, 1.165) is 32.1 Å². The molecule has 1 aliphatic heterocycles. The van der Waals surface area contributed by atoms with E-state index in [-0.39, 0.29) is 0 Å². The van der Waals surface area contributed by atoms with E-state index >= 15 is 0 Å². The van der Waals surface area contributed by atoms with Crippen LogP contribution in [0.15, 0.2) is 0 Å². The van der Waals surface area contributed by atoms with Crippen LogP contribution >= 0.6 is 0 Å². The number of carboxylic acids is 1. The molecule has 0 aliphatic carbocycles. The van der Waals surface area contributed by atoms with Gasteiger partial charge in [0.2, 0.25) is 0 Å². The van der Waals surface area contributed by atoms with Crippen molar-refractivity contribution < 1.29 is 23.1 Å². The standard InChI is InChI=1S/C13H22F3NO2/c1-2-4-10-5-3-7-17(8-6-10)9-11(12(18)19)13(14,15)16/h10-11H,2-9H2,1H3,(H,18,19). The fraction of sp³-hybridized carbons (Fsp3) is 0.923. The molecule has 2 atom stereocenters. The second kappa shape index (κ2) is 7.12. The number of carboxylic acid groups (broad SMARTS) is 1. The molecule has 1 rings (SSSR count). The van der Waals surface area contributed by atoms with E-state index < -0.39 is 24.6 Å². The Bertz CT molecular complexity index is 294. The van der Waals surface area contributed by atoms with Gasteiger partial charge in [-0.05, 0) is 38.3 Å². The zero-order chi connectivity index (χ0) is 14.5. The Morgan fingerprint density at radius 1 is 1.37 bits per heavy atom. The highest BCUT2D eigenvalue weighted by atomic mass is 19.4. The number of aliphatic carboxylic acids is 1. The van der Waals surface area contributed by atoms with Crippen LogP contribution in [0.3, 0.4) is 0 Å². The van der Waals surface area contributed by atoms with Gasteiger partial charge in [-0.15, -0.1) is 0 Å². The van der Waals surface area contributed by atoms with Crippen LogP contribution in [0.2, 0.25) is 0 Å². The topological polar surface area (TPSA) is 40.5 Å². The Morgan fingerprint density at radius 3 is 2.58 bits per heavy atom. The van der Waals surface area contributed by atoms with Crippen molar-refractivity contribution in [2.45, 2.75) is 45.2 Å². The summed E-state index contributed by atoms with van der Waals surface area (Å²) in [4.78, 5) is 12.4. The van der Waals surface area contributed by atoms with E-state index in [1.807, 2.05) is 0 Å². The molecule has 19 heavy (non-hydrogen) atoms. The molecule has 1 heterocycles. The van der Waals surface area contributed by atoms with E-state index in [2.05, 4.69) is 6.92 Å². The van der Waals surface area contributed by atoms with E-state index in [4.69, 9.17) is 5.11 Å². The summed E-state index contributed by atoms with van der Waals surface area (Å²) in [6.45, 7) is 2.83. The molecule has 0 aromatic heterocycles. The summed E-state index contributed by atoms with van der Waals surface area (Å²) in [5, 5.41) is 8.70. The van der Waals surface area contributed by atoms with Gasteiger partial charge in [-0.25, -0.2) is 0 Å². The maximum absolute atomic E-state index is 12.6. The number of halogens is 3. The Balaban J connectivity index is 2.54. The summed E-state index contributed by atoms with van der Waals surface area (Å²) in [5.41, 5.74) is 0. The van der Waals surface area contributed by atoms with E-state index in [1.165, 1.54) is 0 Å². The quantitative estimate of drug-likeness (QED) is 0.841. The minimum atomic E-state index is -4.67. The summed E-state index contributed by atoms with van der Waals surface area (Å²) >= 11 is 0. The largest absolute Gasteiger partial charge is 0.481 e. The third-order valence-electron chi connectivity index (χ3n) is 3.77. The van der Waals surface area contributed by atoms with Crippen molar-refractivity contribution in [2.75, 3.05) is 19.6 Å². The number of hydrogen-bond donors (Lipinski definition) is 1. The fourth-order valence-electron chi connectivity index (χ4n) is 2.68. The summed E-state index contributed by atoms with van der Waals surface area (Å²) in [6.07, 6.45) is 0.294. The molecular formula is C13H22F3NO2. The van der Waals surface area contributed by atoms with Gasteiger partial charge >= 0.3 is 12.1 Å². The van der Waals surface area contributed by atoms with Crippen molar-refractivity contribution >= 4 is 5.97 Å². The Morgan fingerprint density at radius 2 is 2.05 bits per heavy atom. The molecule has 0 amide bonds. The van der Waals surface area contributed by atoms with Crippen LogP contribution < -0.4 is 0 Å². The van der Waals surface area contributed by atoms with Crippen molar-refractivity contribution in [3.05, 3.63) is 0 Å². The van der Waals surface area contributed by atoms with E-state index in [9.17, 15) is 18.0 Å². The predicted molar refractivity (Wildman–Crippen MR) is 65.9 cm³/mol. The first-order chi connectivity index (χ1) is 8.84. The van der Waals surface area contributed by atoms with Crippen LogP contribution in [-0.4, -0.2) is 41.8 Å². The van der Waals surface area contributed by atoms with Gasteiger partial charge in [0.05, 0.1) is 0 Å². The molecule has 1 saturated heterocycles. The number of alkyl halides is 3. The summed E-state index contributed by atoms with van der Waals surface area (Å²) in [7, 11) is 0. The molecule has 6 heteroatoms. The highest BCUT2D eigenvalue weighted by Crippen LogP contribution is 2.29. The maximum Gasteiger partial charge on any atom is 0.403 e. The molecule has 0 aromatic rings. The van der Waals surface area contributed by atoms with Gasteiger partial charge in [-0.3, -0.25) is 4.79 Å². The SMILES string of the molecule is CCCC1CCCN(CC(C(=O)O)C(F)(F)F)CC1. The summed E-state index contributed by atoms with van der Waals surface area (Å²) < 4.78 is 37.9. The number of likely N-dealkylation sites (tertiary alicyclic amines) is 1. The Labute approximate surface area is 111 Å². The van der Waals surface area contributed by atoms with Gasteiger partial charge in [0.25, 0.3) is 0 Å². The van der Waals surface area contributed by atoms with Crippen LogP contribution in [0.4, 0.5) is 13.2 Å². The minimum absolute atomic E-state index is 0.419. The lowest BCUT2D eigenvalue weighted by atomic mass is 9.96. The first kappa shape index (κ1) is 16.3. The molecule has 0 spiro atoms. The molecule has 0 saturated carbocycles. The first-order valence-corrected chi connectivity index (χ1v) is 6.86. The van der Waals surface area contributed by atoms with Crippen molar-refractivity contribution in [1.82, 2.24) is 4.90 Å². The molecular weight excluding hydrogens is 259 g/mol. The van der Waals surface area contributed by atoms with Crippen LogP contribution in [0.5, 0.6) is 0 Å². The van der Waals surface area contributed by atoms with Crippen molar-refractivity contribution in [3.63, 3.8) is 0 Å². The summed E-state index contributed by atoms with van der Waals surface area (Å²) in [5.74, 6) is -3.47. The molecule has 3 nitrogen and oxygen atoms in total. The molecule has 0 aromatic carbocycles. The van der Waals surface area contributed by atoms with Crippen molar-refractivity contribution in [2.24, 2.45) is 11.8 Å². The molecule has 1 fully saturated rings. The number of carbonyl (C=O) groups is 1. The van der Waals surface area contributed by atoms with E-state index in [1.54, 1.807) is 4.90 Å². The van der Waals surface area contributed by atoms with Crippen molar-refractivity contribution in [3.8, 4) is 0 Å². The average Bonchev–Trinajstić information content (AvgIpc) is 2.50. The molecule has 0 bridgehead atoms. The molecule has 1 aliphatic rings. The predicted octanol–water partition coefficient (Wildman–Crippen LogP) is 3.15. The van der Waals surface area contributed by atoms with Gasteiger partial charge in [0.1, 0.15) is 0 Å². The number of hydrogen-bond acceptors (Lipinski definition) is 2. The van der Waals surface area contributed by atoms with E-state index in [0.29, 0.717) is 19.0 Å². The minimum Gasteiger partial charge on any atom is -0.481 e. The first-order valence-electron chi connectivity index (χ1n) is 6.86. The molecule has 1 N–H and O–H groups in total. The van der Waals surface area contributed by atoms with Gasteiger partial charge < -0.3 is 10.0 Å².